The number of nitrogens with zero attached hydrogens (tertiary/aromatic N) is 4. The van der Waals surface area contributed by atoms with Gasteiger partial charge in [-0.3, -0.25) is 4.57 Å². The quantitative estimate of drug-likeness (QED) is 0.206. The first-order valence-corrected chi connectivity index (χ1v) is 15.4. The van der Waals surface area contributed by atoms with E-state index < -0.39 is 0 Å². The van der Waals surface area contributed by atoms with Crippen LogP contribution < -0.4 is 0 Å². The zero-order valence-corrected chi connectivity index (χ0v) is 24.6. The zero-order valence-electron chi connectivity index (χ0n) is 24.6. The molecule has 0 saturated heterocycles. The van der Waals surface area contributed by atoms with Crippen LogP contribution in [0.3, 0.4) is 0 Å². The van der Waals surface area contributed by atoms with Crippen molar-refractivity contribution in [1.29, 1.82) is 0 Å². The number of fused-ring (bicyclic) bond motifs is 8. The lowest BCUT2D eigenvalue weighted by Gasteiger charge is -2.13. The number of hydrogen-bond acceptors (Lipinski definition) is 4. The molecule has 3 aromatic heterocycles. The van der Waals surface area contributed by atoms with Gasteiger partial charge in [-0.25, -0.2) is 4.98 Å². The van der Waals surface area contributed by atoms with Crippen LogP contribution in [0.2, 0.25) is 0 Å². The summed E-state index contributed by atoms with van der Waals surface area (Å²) in [6.45, 7) is 0. The zero-order chi connectivity index (χ0) is 30.2. The van der Waals surface area contributed by atoms with Crippen molar-refractivity contribution in [2.75, 3.05) is 0 Å². The van der Waals surface area contributed by atoms with Gasteiger partial charge < -0.3 is 4.42 Å². The second-order valence-corrected chi connectivity index (χ2v) is 11.7. The van der Waals surface area contributed by atoms with Gasteiger partial charge in [0.2, 0.25) is 5.95 Å². The molecule has 3 heterocycles. The minimum atomic E-state index is 0.558. The largest absolute Gasteiger partial charge is 0.455 e. The van der Waals surface area contributed by atoms with Gasteiger partial charge in [-0.2, -0.15) is 9.97 Å². The van der Waals surface area contributed by atoms with E-state index in [0.717, 1.165) is 71.0 Å². The summed E-state index contributed by atoms with van der Waals surface area (Å²) in [5.41, 5.74) is 5.46. The normalized spacial score (nSPS) is 11.9. The fourth-order valence-electron chi connectivity index (χ4n) is 6.92. The Morgan fingerprint density at radius 2 is 1.04 bits per heavy atom. The minimum absolute atomic E-state index is 0.558. The van der Waals surface area contributed by atoms with Gasteiger partial charge in [-0.1, -0.05) is 115 Å². The van der Waals surface area contributed by atoms with Crippen molar-refractivity contribution in [3.05, 3.63) is 146 Å². The van der Waals surface area contributed by atoms with Gasteiger partial charge in [0.1, 0.15) is 11.2 Å². The van der Waals surface area contributed by atoms with Crippen molar-refractivity contribution in [2.45, 2.75) is 0 Å². The smallest absolute Gasteiger partial charge is 0.238 e. The third-order valence-electron chi connectivity index (χ3n) is 9.03. The molecule has 0 spiro atoms. The Bertz CT molecular complexity index is 2770. The van der Waals surface area contributed by atoms with Crippen LogP contribution in [-0.2, 0) is 0 Å². The summed E-state index contributed by atoms with van der Waals surface area (Å²) in [4.78, 5) is 15.7. The lowest BCUT2D eigenvalue weighted by atomic mass is 9.99. The Labute approximate surface area is 263 Å². The fraction of sp³-hybridized carbons (Fsp3) is 0. The van der Waals surface area contributed by atoms with Gasteiger partial charge in [0.25, 0.3) is 0 Å². The molecule has 0 aliphatic carbocycles. The van der Waals surface area contributed by atoms with Gasteiger partial charge in [0.15, 0.2) is 11.6 Å². The van der Waals surface area contributed by atoms with Crippen LogP contribution in [0.15, 0.2) is 150 Å². The summed E-state index contributed by atoms with van der Waals surface area (Å²) in [6, 6.07) is 50.4. The molecule has 5 heteroatoms. The lowest BCUT2D eigenvalue weighted by molar-refractivity contribution is 0.670. The van der Waals surface area contributed by atoms with Crippen molar-refractivity contribution in [1.82, 2.24) is 19.5 Å². The maximum atomic E-state index is 6.61. The van der Waals surface area contributed by atoms with Crippen molar-refractivity contribution in [3.63, 3.8) is 0 Å². The molecule has 214 valence electrons. The first-order valence-electron chi connectivity index (χ1n) is 15.4. The van der Waals surface area contributed by atoms with E-state index in [4.69, 9.17) is 19.4 Å². The van der Waals surface area contributed by atoms with Crippen molar-refractivity contribution >= 4 is 65.3 Å². The number of rotatable bonds is 3. The van der Waals surface area contributed by atoms with Crippen LogP contribution in [0.4, 0.5) is 0 Å². The Hall–Kier alpha value is -6.33. The predicted molar refractivity (Wildman–Crippen MR) is 187 cm³/mol. The van der Waals surface area contributed by atoms with Gasteiger partial charge in [0, 0.05) is 27.1 Å². The van der Waals surface area contributed by atoms with Gasteiger partial charge in [-0.15, -0.1) is 0 Å². The molecule has 0 saturated carbocycles. The van der Waals surface area contributed by atoms with Crippen LogP contribution in [0.25, 0.3) is 94.0 Å². The fourth-order valence-corrected chi connectivity index (χ4v) is 6.92. The Kier molecular flexibility index (Phi) is 5.22. The maximum Gasteiger partial charge on any atom is 0.238 e. The molecule has 0 aliphatic heterocycles. The number of para-hydroxylation sites is 3. The van der Waals surface area contributed by atoms with E-state index in [1.807, 2.05) is 18.2 Å². The Balaban J connectivity index is 1.35. The van der Waals surface area contributed by atoms with Crippen molar-refractivity contribution in [3.8, 4) is 28.7 Å². The van der Waals surface area contributed by atoms with E-state index in [9.17, 15) is 0 Å². The Morgan fingerprint density at radius 3 is 1.83 bits per heavy atom. The van der Waals surface area contributed by atoms with E-state index in [1.54, 1.807) is 0 Å². The Morgan fingerprint density at radius 1 is 0.435 bits per heavy atom. The van der Waals surface area contributed by atoms with E-state index in [2.05, 4.69) is 132 Å². The second kappa shape index (κ2) is 9.58. The predicted octanol–water partition coefficient (Wildman–Crippen LogP) is 10.5. The number of benzene rings is 7. The highest BCUT2D eigenvalue weighted by Crippen LogP contribution is 2.41. The molecule has 10 aromatic rings. The molecule has 0 unspecified atom stereocenters. The molecule has 0 N–H and O–H groups in total. The summed E-state index contributed by atoms with van der Waals surface area (Å²) in [5, 5.41) is 8.83. The van der Waals surface area contributed by atoms with E-state index in [0.29, 0.717) is 17.6 Å². The molecule has 0 atom stereocenters. The highest BCUT2D eigenvalue weighted by atomic mass is 16.3. The average Bonchev–Trinajstić information content (AvgIpc) is 3.66. The van der Waals surface area contributed by atoms with Crippen LogP contribution in [0.5, 0.6) is 0 Å². The van der Waals surface area contributed by atoms with E-state index >= 15 is 0 Å². The average molecular weight is 589 g/mol. The molecule has 5 nitrogen and oxygen atoms in total. The van der Waals surface area contributed by atoms with Crippen molar-refractivity contribution in [2.24, 2.45) is 0 Å². The minimum Gasteiger partial charge on any atom is -0.455 e. The third-order valence-corrected chi connectivity index (χ3v) is 9.03. The molecular weight excluding hydrogens is 564 g/mol. The second-order valence-electron chi connectivity index (χ2n) is 11.7. The van der Waals surface area contributed by atoms with Crippen molar-refractivity contribution < 1.29 is 4.42 Å². The lowest BCUT2D eigenvalue weighted by Crippen LogP contribution is -2.06. The molecule has 0 radical (unpaired) electrons. The van der Waals surface area contributed by atoms with E-state index in [-0.39, 0.29) is 0 Å². The van der Waals surface area contributed by atoms with E-state index in [1.165, 1.54) is 5.39 Å². The van der Waals surface area contributed by atoms with Crippen LogP contribution in [-0.4, -0.2) is 19.5 Å². The summed E-state index contributed by atoms with van der Waals surface area (Å²) in [7, 11) is 0. The first-order chi connectivity index (χ1) is 22.8. The topological polar surface area (TPSA) is 56.7 Å². The molecule has 46 heavy (non-hydrogen) atoms. The molecule has 0 fully saturated rings. The molecule has 10 rings (SSSR count). The number of furan rings is 1. The number of aromatic nitrogens is 4. The van der Waals surface area contributed by atoms with Gasteiger partial charge in [-0.05, 0) is 51.9 Å². The molecule has 0 aliphatic rings. The monoisotopic (exact) mass is 588 g/mol. The number of hydrogen-bond donors (Lipinski definition) is 0. The molecular formula is C41H24N4O. The third kappa shape index (κ3) is 3.66. The van der Waals surface area contributed by atoms with Crippen LogP contribution in [0.1, 0.15) is 0 Å². The standard InChI is InChI=1S/C41H24N4O/c1-2-12-26-23-28(22-21-25(26)11-1)39-42-40(44-41(43-39)45-34-18-8-5-15-30(34)31-16-6-9-19-35(31)45)37-29-14-4-3-13-27(29)24-33-32-17-7-10-20-36(32)46-38(33)37/h1-24H. The van der Waals surface area contributed by atoms with Gasteiger partial charge in [0.05, 0.1) is 16.6 Å². The summed E-state index contributed by atoms with van der Waals surface area (Å²) >= 11 is 0. The highest BCUT2D eigenvalue weighted by molar-refractivity contribution is 6.17. The van der Waals surface area contributed by atoms with Crippen LogP contribution in [0, 0.1) is 0 Å². The highest BCUT2D eigenvalue weighted by Gasteiger charge is 2.22. The maximum absolute atomic E-state index is 6.61. The summed E-state index contributed by atoms with van der Waals surface area (Å²) < 4.78 is 8.77. The molecule has 0 amide bonds. The first kappa shape index (κ1) is 25.0. The summed E-state index contributed by atoms with van der Waals surface area (Å²) in [5.74, 6) is 1.73. The molecule has 7 aromatic carbocycles. The van der Waals surface area contributed by atoms with Crippen LogP contribution >= 0.6 is 0 Å². The van der Waals surface area contributed by atoms with Gasteiger partial charge >= 0.3 is 0 Å². The SMILES string of the molecule is c1ccc2cc(-c3nc(-c4c5ccccc5cc5c4oc4ccccc45)nc(-n4c5ccccc5c5ccccc54)n3)ccc2c1. The summed E-state index contributed by atoms with van der Waals surface area (Å²) in [6.07, 6.45) is 0. The molecule has 0 bridgehead atoms.